The molecule has 2 fully saturated rings. The lowest BCUT2D eigenvalue weighted by Crippen LogP contribution is -2.03. The van der Waals surface area contributed by atoms with Gasteiger partial charge in [-0.05, 0) is 30.1 Å². The molecule has 2 saturated carbocycles. The minimum Gasteiger partial charge on any atom is -0.0622 e. The van der Waals surface area contributed by atoms with Gasteiger partial charge in [0.25, 0.3) is 0 Å². The van der Waals surface area contributed by atoms with Crippen molar-refractivity contribution in [3.05, 3.63) is 0 Å². The van der Waals surface area contributed by atoms with Crippen molar-refractivity contribution in [3.8, 4) is 0 Å². The minimum atomic E-state index is 1.04. The molecule has 4 atom stereocenters. The molecule has 0 aromatic rings. The highest BCUT2D eigenvalue weighted by Crippen LogP contribution is 2.42. The van der Waals surface area contributed by atoms with Crippen molar-refractivity contribution in [2.75, 3.05) is 0 Å². The Bertz CT molecular complexity index is 173. The summed E-state index contributed by atoms with van der Waals surface area (Å²) in [5.41, 5.74) is 0. The van der Waals surface area contributed by atoms with Gasteiger partial charge in [0.2, 0.25) is 0 Å². The van der Waals surface area contributed by atoms with Crippen molar-refractivity contribution in [1.82, 2.24) is 0 Å². The average molecular weight is 194 g/mol. The van der Waals surface area contributed by atoms with Crippen LogP contribution in [0.2, 0.25) is 0 Å². The molecule has 2 aliphatic rings. The van der Waals surface area contributed by atoms with Gasteiger partial charge >= 0.3 is 0 Å². The quantitative estimate of drug-likeness (QED) is 0.559. The van der Waals surface area contributed by atoms with E-state index >= 15 is 0 Å². The lowest BCUT2D eigenvalue weighted by Gasteiger charge is -2.14. The Hall–Kier alpha value is 0. The first-order valence-corrected chi connectivity index (χ1v) is 6.77. The third kappa shape index (κ3) is 2.74. The van der Waals surface area contributed by atoms with Gasteiger partial charge in [-0.1, -0.05) is 58.8 Å². The van der Waals surface area contributed by atoms with E-state index < -0.39 is 0 Å². The summed E-state index contributed by atoms with van der Waals surface area (Å²) in [7, 11) is 0. The van der Waals surface area contributed by atoms with Gasteiger partial charge in [0.15, 0.2) is 0 Å². The van der Waals surface area contributed by atoms with E-state index in [1.807, 2.05) is 0 Å². The van der Waals surface area contributed by atoms with E-state index in [0.717, 1.165) is 23.7 Å². The first-order valence-electron chi connectivity index (χ1n) is 6.77. The van der Waals surface area contributed by atoms with Gasteiger partial charge in [-0.15, -0.1) is 0 Å². The molecule has 0 bridgehead atoms. The molecular weight excluding hydrogens is 168 g/mol. The molecule has 14 heavy (non-hydrogen) atoms. The van der Waals surface area contributed by atoms with E-state index in [1.54, 1.807) is 0 Å². The summed E-state index contributed by atoms with van der Waals surface area (Å²) in [5, 5.41) is 0. The van der Waals surface area contributed by atoms with Gasteiger partial charge in [0, 0.05) is 0 Å². The molecule has 0 nitrogen and oxygen atoms in total. The topological polar surface area (TPSA) is 0 Å². The number of rotatable bonds is 5. The second kappa shape index (κ2) is 4.68. The Labute approximate surface area is 89.5 Å². The first kappa shape index (κ1) is 10.5. The zero-order valence-corrected chi connectivity index (χ0v) is 9.97. The Kier molecular flexibility index (Phi) is 3.52. The third-order valence-corrected chi connectivity index (χ3v) is 4.72. The molecule has 0 aliphatic heterocycles. The zero-order chi connectivity index (χ0) is 9.97. The summed E-state index contributed by atoms with van der Waals surface area (Å²) in [6.45, 7) is 4.87. The molecule has 0 heteroatoms. The van der Waals surface area contributed by atoms with Crippen LogP contribution in [0.15, 0.2) is 0 Å². The molecule has 2 rings (SSSR count). The molecule has 0 heterocycles. The van der Waals surface area contributed by atoms with E-state index in [0.29, 0.717) is 0 Å². The van der Waals surface area contributed by atoms with Crippen LogP contribution in [-0.4, -0.2) is 0 Å². The fourth-order valence-corrected chi connectivity index (χ4v) is 3.27. The van der Waals surface area contributed by atoms with Crippen LogP contribution in [0.25, 0.3) is 0 Å². The SMILES string of the molecule is CC1CCCC1CCCCC1CC1C. The highest BCUT2D eigenvalue weighted by molar-refractivity contribution is 4.82. The average Bonchev–Trinajstić information content (AvgIpc) is 2.70. The van der Waals surface area contributed by atoms with Gasteiger partial charge in [0.1, 0.15) is 0 Å². The molecule has 0 aromatic heterocycles. The largest absolute Gasteiger partial charge is 0.0622 e. The van der Waals surface area contributed by atoms with E-state index in [2.05, 4.69) is 13.8 Å². The van der Waals surface area contributed by atoms with Gasteiger partial charge in [-0.25, -0.2) is 0 Å². The summed E-state index contributed by atoms with van der Waals surface area (Å²) in [5.74, 6) is 4.32. The summed E-state index contributed by atoms with van der Waals surface area (Å²) in [4.78, 5) is 0. The van der Waals surface area contributed by atoms with Crippen LogP contribution >= 0.6 is 0 Å². The Balaban J connectivity index is 1.50. The maximum absolute atomic E-state index is 2.46. The summed E-state index contributed by atoms with van der Waals surface area (Å²) in [6.07, 6.45) is 12.2. The van der Waals surface area contributed by atoms with Gasteiger partial charge in [-0.2, -0.15) is 0 Å². The maximum Gasteiger partial charge on any atom is -0.0386 e. The molecule has 4 unspecified atom stereocenters. The van der Waals surface area contributed by atoms with E-state index in [9.17, 15) is 0 Å². The number of hydrogen-bond donors (Lipinski definition) is 0. The van der Waals surface area contributed by atoms with Crippen molar-refractivity contribution in [3.63, 3.8) is 0 Å². The monoisotopic (exact) mass is 194 g/mol. The van der Waals surface area contributed by atoms with Gasteiger partial charge < -0.3 is 0 Å². The summed E-state index contributed by atoms with van der Waals surface area (Å²) < 4.78 is 0. The molecular formula is C14H26. The van der Waals surface area contributed by atoms with Crippen LogP contribution in [0, 0.1) is 23.7 Å². The smallest absolute Gasteiger partial charge is 0.0386 e. The van der Waals surface area contributed by atoms with E-state index in [1.165, 1.54) is 51.4 Å². The van der Waals surface area contributed by atoms with Crippen molar-refractivity contribution in [1.29, 1.82) is 0 Å². The lowest BCUT2D eigenvalue weighted by molar-refractivity contribution is 0.372. The van der Waals surface area contributed by atoms with Crippen LogP contribution in [0.5, 0.6) is 0 Å². The first-order chi connectivity index (χ1) is 6.77. The van der Waals surface area contributed by atoms with Crippen LogP contribution in [0.1, 0.15) is 65.2 Å². The molecule has 0 saturated heterocycles. The number of unbranched alkanes of at least 4 members (excludes halogenated alkanes) is 1. The molecule has 0 amide bonds. The van der Waals surface area contributed by atoms with Crippen molar-refractivity contribution in [2.45, 2.75) is 65.2 Å². The highest BCUT2D eigenvalue weighted by Gasteiger charge is 2.31. The Morgan fingerprint density at radius 3 is 2.00 bits per heavy atom. The van der Waals surface area contributed by atoms with Crippen LogP contribution in [0.3, 0.4) is 0 Å². The van der Waals surface area contributed by atoms with Crippen LogP contribution < -0.4 is 0 Å². The Morgan fingerprint density at radius 2 is 1.50 bits per heavy atom. The van der Waals surface area contributed by atoms with Crippen molar-refractivity contribution >= 4 is 0 Å². The second-order valence-corrected chi connectivity index (χ2v) is 5.93. The van der Waals surface area contributed by atoms with E-state index in [-0.39, 0.29) is 0 Å². The van der Waals surface area contributed by atoms with Crippen molar-refractivity contribution in [2.24, 2.45) is 23.7 Å². The minimum absolute atomic E-state index is 1.04. The molecule has 82 valence electrons. The number of hydrogen-bond acceptors (Lipinski definition) is 0. The van der Waals surface area contributed by atoms with Crippen molar-refractivity contribution < 1.29 is 0 Å². The van der Waals surface area contributed by atoms with Crippen LogP contribution in [-0.2, 0) is 0 Å². The summed E-state index contributed by atoms with van der Waals surface area (Å²) >= 11 is 0. The molecule has 0 spiro atoms. The predicted octanol–water partition coefficient (Wildman–Crippen LogP) is 4.64. The highest BCUT2D eigenvalue weighted by atomic mass is 14.4. The molecule has 0 N–H and O–H groups in total. The molecule has 0 aromatic carbocycles. The van der Waals surface area contributed by atoms with Gasteiger partial charge in [-0.3, -0.25) is 0 Å². The summed E-state index contributed by atoms with van der Waals surface area (Å²) in [6, 6.07) is 0. The lowest BCUT2D eigenvalue weighted by atomic mass is 9.92. The maximum atomic E-state index is 2.46. The molecule has 2 aliphatic carbocycles. The van der Waals surface area contributed by atoms with Crippen LogP contribution in [0.4, 0.5) is 0 Å². The predicted molar refractivity (Wildman–Crippen MR) is 62.2 cm³/mol. The zero-order valence-electron chi connectivity index (χ0n) is 9.97. The standard InChI is InChI=1S/C14H26/c1-11-6-5-9-13(11)7-3-4-8-14-10-12(14)2/h11-14H,3-10H2,1-2H3. The van der Waals surface area contributed by atoms with E-state index in [4.69, 9.17) is 0 Å². The normalized spacial score (nSPS) is 41.6. The fraction of sp³-hybridized carbons (Fsp3) is 1.00. The second-order valence-electron chi connectivity index (χ2n) is 5.93. The Morgan fingerprint density at radius 1 is 0.857 bits per heavy atom. The fourth-order valence-electron chi connectivity index (χ4n) is 3.27. The third-order valence-electron chi connectivity index (χ3n) is 4.72. The molecule has 0 radical (unpaired) electrons. The van der Waals surface area contributed by atoms with Gasteiger partial charge in [0.05, 0.1) is 0 Å².